The van der Waals surface area contributed by atoms with Gasteiger partial charge in [0.15, 0.2) is 0 Å². The van der Waals surface area contributed by atoms with Gasteiger partial charge in [-0.25, -0.2) is 0 Å². The molecule has 3 aromatic rings. The summed E-state index contributed by atoms with van der Waals surface area (Å²) < 4.78 is 2.50. The molecule has 7 heteroatoms. The minimum absolute atomic E-state index is 0.185. The normalized spacial score (nSPS) is 10.8. The zero-order valence-electron chi connectivity index (χ0n) is 10.5. The van der Waals surface area contributed by atoms with E-state index in [1.807, 2.05) is 18.2 Å². The molecule has 0 aliphatic rings. The Kier molecular flexibility index (Phi) is 4.14. The quantitative estimate of drug-likeness (QED) is 0.544. The fourth-order valence-electron chi connectivity index (χ4n) is 1.93. The average molecular weight is 474 g/mol. The monoisotopic (exact) mass is 471 g/mol. The predicted molar refractivity (Wildman–Crippen MR) is 93.6 cm³/mol. The maximum Gasteiger partial charge on any atom is 0.255 e. The summed E-state index contributed by atoms with van der Waals surface area (Å²) in [5.41, 5.74) is 2.08. The molecule has 1 amide bonds. The Balaban J connectivity index is 1.92. The van der Waals surface area contributed by atoms with Gasteiger partial charge in [0.25, 0.3) is 5.91 Å². The molecule has 1 heterocycles. The molecule has 2 aromatic carbocycles. The molecular formula is C14H8Br3N3O. The molecule has 3 rings (SSSR count). The van der Waals surface area contributed by atoms with Crippen LogP contribution < -0.4 is 5.32 Å². The first kappa shape index (κ1) is 14.7. The Labute approximate surface area is 145 Å². The number of H-pyrrole nitrogens is 1. The van der Waals surface area contributed by atoms with E-state index in [1.165, 1.54) is 0 Å². The van der Waals surface area contributed by atoms with Crippen molar-refractivity contribution >= 4 is 70.3 Å². The minimum Gasteiger partial charge on any atom is -0.320 e. The zero-order chi connectivity index (χ0) is 15.0. The molecule has 106 valence electrons. The molecule has 0 radical (unpaired) electrons. The van der Waals surface area contributed by atoms with Crippen molar-refractivity contribution in [3.63, 3.8) is 0 Å². The van der Waals surface area contributed by atoms with Crippen molar-refractivity contribution in [2.75, 3.05) is 5.32 Å². The van der Waals surface area contributed by atoms with Gasteiger partial charge in [0.2, 0.25) is 0 Å². The first-order chi connectivity index (χ1) is 10.0. The molecule has 4 nitrogen and oxygen atoms in total. The number of fused-ring (bicyclic) bond motifs is 1. The summed E-state index contributed by atoms with van der Waals surface area (Å²) in [4.78, 5) is 12.4. The van der Waals surface area contributed by atoms with Crippen molar-refractivity contribution in [1.29, 1.82) is 0 Å². The molecule has 21 heavy (non-hydrogen) atoms. The summed E-state index contributed by atoms with van der Waals surface area (Å²) in [7, 11) is 0. The number of hydrogen-bond donors (Lipinski definition) is 2. The first-order valence-electron chi connectivity index (χ1n) is 5.93. The van der Waals surface area contributed by atoms with Crippen LogP contribution in [-0.2, 0) is 0 Å². The van der Waals surface area contributed by atoms with Gasteiger partial charge in [-0.05, 0) is 56.1 Å². The lowest BCUT2D eigenvalue weighted by atomic mass is 10.1. The van der Waals surface area contributed by atoms with Crippen molar-refractivity contribution in [2.24, 2.45) is 0 Å². The van der Waals surface area contributed by atoms with E-state index in [-0.39, 0.29) is 5.91 Å². The van der Waals surface area contributed by atoms with Crippen LogP contribution in [0.4, 0.5) is 5.69 Å². The Morgan fingerprint density at radius 2 is 1.81 bits per heavy atom. The number of amides is 1. The first-order valence-corrected chi connectivity index (χ1v) is 8.31. The lowest BCUT2D eigenvalue weighted by molar-refractivity contribution is 0.102. The number of benzene rings is 2. The van der Waals surface area contributed by atoms with Crippen LogP contribution in [0.2, 0.25) is 0 Å². The second-order valence-electron chi connectivity index (χ2n) is 4.37. The molecule has 0 spiro atoms. The average Bonchev–Trinajstić information content (AvgIpc) is 2.89. The van der Waals surface area contributed by atoms with Crippen LogP contribution in [0.1, 0.15) is 10.4 Å². The molecule has 0 saturated carbocycles. The van der Waals surface area contributed by atoms with E-state index in [4.69, 9.17) is 0 Å². The highest BCUT2D eigenvalue weighted by molar-refractivity contribution is 9.11. The maximum absolute atomic E-state index is 12.4. The lowest BCUT2D eigenvalue weighted by Gasteiger charge is -2.10. The third kappa shape index (κ3) is 3.04. The van der Waals surface area contributed by atoms with Crippen LogP contribution in [0.15, 0.2) is 49.9 Å². The number of aromatic nitrogens is 2. The summed E-state index contributed by atoms with van der Waals surface area (Å²) in [5, 5.41) is 10.7. The van der Waals surface area contributed by atoms with Gasteiger partial charge in [-0.3, -0.25) is 9.89 Å². The molecule has 0 unspecified atom stereocenters. The van der Waals surface area contributed by atoms with Crippen LogP contribution >= 0.6 is 47.8 Å². The van der Waals surface area contributed by atoms with Crippen LogP contribution in [-0.4, -0.2) is 16.1 Å². The van der Waals surface area contributed by atoms with E-state index < -0.39 is 0 Å². The molecule has 0 aliphatic carbocycles. The van der Waals surface area contributed by atoms with Crippen LogP contribution in [0, 0.1) is 0 Å². The van der Waals surface area contributed by atoms with Crippen LogP contribution in [0.25, 0.3) is 10.9 Å². The van der Waals surface area contributed by atoms with E-state index in [0.717, 1.165) is 24.3 Å². The topological polar surface area (TPSA) is 57.8 Å². The van der Waals surface area contributed by atoms with Crippen molar-refractivity contribution in [3.05, 3.63) is 55.5 Å². The van der Waals surface area contributed by atoms with Gasteiger partial charge in [0, 0.05) is 24.4 Å². The number of aromatic amines is 1. The summed E-state index contributed by atoms with van der Waals surface area (Å²) in [6.07, 6.45) is 1.72. The summed E-state index contributed by atoms with van der Waals surface area (Å²) in [6.45, 7) is 0. The summed E-state index contributed by atoms with van der Waals surface area (Å²) >= 11 is 10.3. The van der Waals surface area contributed by atoms with Crippen molar-refractivity contribution in [1.82, 2.24) is 10.2 Å². The number of carbonyl (C=O) groups is 1. The number of hydrogen-bond acceptors (Lipinski definition) is 2. The number of rotatable bonds is 2. The molecule has 0 bridgehead atoms. The fraction of sp³-hybridized carbons (Fsp3) is 0. The zero-order valence-corrected chi connectivity index (χ0v) is 15.2. The molecule has 2 N–H and O–H groups in total. The van der Waals surface area contributed by atoms with Crippen molar-refractivity contribution in [2.45, 2.75) is 0 Å². The van der Waals surface area contributed by atoms with E-state index in [1.54, 1.807) is 18.3 Å². The SMILES string of the molecule is O=C(Nc1c(Br)cc(Br)cc1Br)c1ccc2cn[nH]c2c1. The Morgan fingerprint density at radius 3 is 2.52 bits per heavy atom. The predicted octanol–water partition coefficient (Wildman–Crippen LogP) is 5.10. The number of carbonyl (C=O) groups excluding carboxylic acids is 1. The molecule has 0 atom stereocenters. The van der Waals surface area contributed by atoms with E-state index in [2.05, 4.69) is 63.3 Å². The summed E-state index contributed by atoms with van der Waals surface area (Å²) in [6, 6.07) is 9.16. The second kappa shape index (κ2) is 5.90. The van der Waals surface area contributed by atoms with Gasteiger partial charge in [-0.2, -0.15) is 5.10 Å². The second-order valence-corrected chi connectivity index (χ2v) is 6.99. The van der Waals surface area contributed by atoms with Gasteiger partial charge >= 0.3 is 0 Å². The standard InChI is InChI=1S/C14H8Br3N3O/c15-9-4-10(16)13(11(17)5-9)19-14(21)7-1-2-8-6-18-20-12(8)3-7/h1-6H,(H,18,20)(H,19,21). The van der Waals surface area contributed by atoms with Crippen molar-refractivity contribution in [3.8, 4) is 0 Å². The third-order valence-electron chi connectivity index (χ3n) is 2.95. The molecule has 0 fully saturated rings. The Bertz CT molecular complexity index is 821. The molecule has 1 aromatic heterocycles. The largest absolute Gasteiger partial charge is 0.320 e. The highest BCUT2D eigenvalue weighted by Crippen LogP contribution is 2.34. The number of nitrogens with one attached hydrogen (secondary N) is 2. The molecule has 0 aliphatic heterocycles. The Hall–Kier alpha value is -1.18. The highest BCUT2D eigenvalue weighted by Gasteiger charge is 2.13. The van der Waals surface area contributed by atoms with Gasteiger partial charge in [0.05, 0.1) is 17.4 Å². The Morgan fingerprint density at radius 1 is 1.10 bits per heavy atom. The van der Waals surface area contributed by atoms with Gasteiger partial charge in [-0.15, -0.1) is 0 Å². The van der Waals surface area contributed by atoms with E-state index in [0.29, 0.717) is 11.3 Å². The van der Waals surface area contributed by atoms with Crippen LogP contribution in [0.3, 0.4) is 0 Å². The molecule has 0 saturated heterocycles. The number of halogens is 3. The highest BCUT2D eigenvalue weighted by atomic mass is 79.9. The minimum atomic E-state index is -0.185. The third-order valence-corrected chi connectivity index (χ3v) is 4.66. The van der Waals surface area contributed by atoms with Gasteiger partial charge in [0.1, 0.15) is 0 Å². The smallest absolute Gasteiger partial charge is 0.255 e. The van der Waals surface area contributed by atoms with Gasteiger partial charge in [-0.1, -0.05) is 22.0 Å². The fourth-order valence-corrected chi connectivity index (χ4v) is 4.38. The maximum atomic E-state index is 12.4. The van der Waals surface area contributed by atoms with E-state index in [9.17, 15) is 4.79 Å². The van der Waals surface area contributed by atoms with E-state index >= 15 is 0 Å². The lowest BCUT2D eigenvalue weighted by Crippen LogP contribution is -2.12. The number of nitrogens with zero attached hydrogens (tertiary/aromatic N) is 1. The van der Waals surface area contributed by atoms with Gasteiger partial charge < -0.3 is 5.32 Å². The van der Waals surface area contributed by atoms with Crippen molar-refractivity contribution < 1.29 is 4.79 Å². The van der Waals surface area contributed by atoms with Crippen LogP contribution in [0.5, 0.6) is 0 Å². The number of anilines is 1. The summed E-state index contributed by atoms with van der Waals surface area (Å²) in [5.74, 6) is -0.185. The molecular weight excluding hydrogens is 466 g/mol.